The number of nitrogens with two attached hydrogens (primary N) is 1. The first-order valence-corrected chi connectivity index (χ1v) is 6.59. The lowest BCUT2D eigenvalue weighted by Gasteiger charge is -2.27. The normalized spacial score (nSPS) is 20.2. The van der Waals surface area contributed by atoms with E-state index in [4.69, 9.17) is 10.4 Å². The van der Waals surface area contributed by atoms with E-state index < -0.39 is 0 Å². The average molecular weight is 261 g/mol. The maximum absolute atomic E-state index is 5.87. The van der Waals surface area contributed by atoms with Gasteiger partial charge >= 0.3 is 0 Å². The van der Waals surface area contributed by atoms with Crippen molar-refractivity contribution >= 4 is 22.4 Å². The molecule has 6 heteroatoms. The zero-order valence-corrected chi connectivity index (χ0v) is 11.3. The van der Waals surface area contributed by atoms with Crippen LogP contribution in [0.2, 0.25) is 0 Å². The van der Waals surface area contributed by atoms with E-state index in [1.165, 1.54) is 19.4 Å². The van der Waals surface area contributed by atoms with Gasteiger partial charge in [-0.25, -0.2) is 4.63 Å². The summed E-state index contributed by atoms with van der Waals surface area (Å²) >= 11 is 0. The van der Waals surface area contributed by atoms with Crippen molar-refractivity contribution in [1.82, 2.24) is 15.2 Å². The molecule has 0 spiro atoms. The minimum absolute atomic E-state index is 0.595. The third-order valence-corrected chi connectivity index (χ3v) is 3.99. The highest BCUT2D eigenvalue weighted by molar-refractivity contribution is 5.95. The summed E-state index contributed by atoms with van der Waals surface area (Å²) in [5, 5.41) is 7.83. The van der Waals surface area contributed by atoms with Crippen molar-refractivity contribution in [2.75, 3.05) is 37.8 Å². The molecular weight excluding hydrogens is 242 g/mol. The van der Waals surface area contributed by atoms with Gasteiger partial charge < -0.3 is 15.5 Å². The Morgan fingerprint density at radius 1 is 1.42 bits per heavy atom. The number of hydrogen-bond acceptors (Lipinski definition) is 6. The molecule has 1 aliphatic rings. The van der Waals surface area contributed by atoms with Crippen molar-refractivity contribution in [2.24, 2.45) is 0 Å². The van der Waals surface area contributed by atoms with Crippen molar-refractivity contribution in [3.63, 3.8) is 0 Å². The van der Waals surface area contributed by atoms with Gasteiger partial charge in [0.05, 0.1) is 11.4 Å². The molecule has 0 saturated carbocycles. The van der Waals surface area contributed by atoms with Crippen LogP contribution < -0.4 is 10.6 Å². The highest BCUT2D eigenvalue weighted by Gasteiger charge is 2.23. The van der Waals surface area contributed by atoms with Crippen LogP contribution >= 0.6 is 0 Å². The summed E-state index contributed by atoms with van der Waals surface area (Å²) < 4.78 is 4.81. The van der Waals surface area contributed by atoms with Gasteiger partial charge in [0.15, 0.2) is 11.0 Å². The molecule has 1 aromatic heterocycles. The Bertz CT molecular complexity index is 581. The fourth-order valence-electron chi connectivity index (χ4n) is 2.81. The molecule has 3 rings (SSSR count). The number of likely N-dealkylation sites (N-methyl/N-ethyl adjacent to an activating group) is 2. The van der Waals surface area contributed by atoms with Crippen LogP contribution in [-0.4, -0.2) is 48.4 Å². The summed E-state index contributed by atoms with van der Waals surface area (Å²) in [5.41, 5.74) is 8.87. The summed E-state index contributed by atoms with van der Waals surface area (Å²) in [7, 11) is 4.26. The summed E-state index contributed by atoms with van der Waals surface area (Å²) in [6, 6.07) is 4.44. The zero-order chi connectivity index (χ0) is 13.4. The fraction of sp³-hybridized carbons (Fsp3) is 0.538. The average Bonchev–Trinajstić information content (AvgIpc) is 3.00. The molecule has 0 bridgehead atoms. The molecular formula is C13H19N5O. The fourth-order valence-corrected chi connectivity index (χ4v) is 2.81. The Kier molecular flexibility index (Phi) is 3.02. The van der Waals surface area contributed by atoms with Crippen LogP contribution in [0.25, 0.3) is 11.0 Å². The van der Waals surface area contributed by atoms with Gasteiger partial charge in [-0.05, 0) is 48.9 Å². The third-order valence-electron chi connectivity index (χ3n) is 3.99. The van der Waals surface area contributed by atoms with E-state index in [2.05, 4.69) is 34.2 Å². The number of fused-ring (bicyclic) bond motifs is 1. The van der Waals surface area contributed by atoms with Crippen molar-refractivity contribution in [3.05, 3.63) is 12.1 Å². The predicted octanol–water partition coefficient (Wildman–Crippen LogP) is 1.34. The lowest BCUT2D eigenvalue weighted by atomic mass is 10.1. The Hall–Kier alpha value is -1.82. The molecule has 102 valence electrons. The number of benzene rings is 1. The molecule has 0 aliphatic carbocycles. The summed E-state index contributed by atoms with van der Waals surface area (Å²) in [6.45, 7) is 2.16. The summed E-state index contributed by atoms with van der Waals surface area (Å²) in [6.07, 6.45) is 2.52. The first-order chi connectivity index (χ1) is 9.16. The maximum Gasteiger partial charge on any atom is 0.160 e. The van der Waals surface area contributed by atoms with Gasteiger partial charge in [-0.1, -0.05) is 0 Å². The molecule has 1 aliphatic heterocycles. The SMILES string of the molecule is CN(CC1CCCN1C)c1ccc(N)c2nonc12. The van der Waals surface area contributed by atoms with Crippen molar-refractivity contribution in [2.45, 2.75) is 18.9 Å². The van der Waals surface area contributed by atoms with Crippen molar-refractivity contribution < 1.29 is 4.63 Å². The molecule has 6 nitrogen and oxygen atoms in total. The lowest BCUT2D eigenvalue weighted by molar-refractivity contribution is 0.313. The highest BCUT2D eigenvalue weighted by atomic mass is 16.6. The van der Waals surface area contributed by atoms with Gasteiger partial charge in [-0.2, -0.15) is 0 Å². The molecule has 0 radical (unpaired) electrons. The summed E-state index contributed by atoms with van der Waals surface area (Å²) in [5.74, 6) is 0. The minimum Gasteiger partial charge on any atom is -0.397 e. The maximum atomic E-state index is 5.87. The van der Waals surface area contributed by atoms with Crippen LogP contribution in [0, 0.1) is 0 Å². The van der Waals surface area contributed by atoms with E-state index in [9.17, 15) is 0 Å². The number of aromatic nitrogens is 2. The highest BCUT2D eigenvalue weighted by Crippen LogP contribution is 2.28. The van der Waals surface area contributed by atoms with Crippen LogP contribution in [-0.2, 0) is 0 Å². The Labute approximate surface area is 112 Å². The predicted molar refractivity (Wildman–Crippen MR) is 75.1 cm³/mol. The van der Waals surface area contributed by atoms with Gasteiger partial charge in [0.2, 0.25) is 0 Å². The topological polar surface area (TPSA) is 71.4 Å². The first kappa shape index (κ1) is 12.2. The Balaban J connectivity index is 1.87. The number of likely N-dealkylation sites (tertiary alicyclic amines) is 1. The molecule has 1 fully saturated rings. The number of anilines is 2. The van der Waals surface area contributed by atoms with Crippen LogP contribution in [0.15, 0.2) is 16.8 Å². The quantitative estimate of drug-likeness (QED) is 0.841. The molecule has 1 saturated heterocycles. The van der Waals surface area contributed by atoms with Crippen molar-refractivity contribution in [1.29, 1.82) is 0 Å². The van der Waals surface area contributed by atoms with Gasteiger partial charge in [-0.15, -0.1) is 0 Å². The summed E-state index contributed by atoms with van der Waals surface area (Å²) in [4.78, 5) is 4.62. The molecule has 19 heavy (non-hydrogen) atoms. The monoisotopic (exact) mass is 261 g/mol. The van der Waals surface area contributed by atoms with Crippen molar-refractivity contribution in [3.8, 4) is 0 Å². The standard InChI is InChI=1S/C13H19N5O/c1-17-7-3-4-9(17)8-18(2)11-6-5-10(14)12-13(11)16-19-15-12/h5-6,9H,3-4,7-8,14H2,1-2H3. The number of hydrogen-bond donors (Lipinski definition) is 1. The zero-order valence-electron chi connectivity index (χ0n) is 11.3. The van der Waals surface area contributed by atoms with E-state index in [1.54, 1.807) is 0 Å². The van der Waals surface area contributed by atoms with Crippen LogP contribution in [0.3, 0.4) is 0 Å². The molecule has 1 aromatic carbocycles. The number of nitrogen functional groups attached to an aromatic ring is 1. The van der Waals surface area contributed by atoms with E-state index in [1.807, 2.05) is 12.1 Å². The third kappa shape index (κ3) is 2.12. The van der Waals surface area contributed by atoms with Crippen LogP contribution in [0.4, 0.5) is 11.4 Å². The van der Waals surface area contributed by atoms with Crippen LogP contribution in [0.5, 0.6) is 0 Å². The second-order valence-electron chi connectivity index (χ2n) is 5.29. The molecule has 1 atom stereocenters. The smallest absolute Gasteiger partial charge is 0.160 e. The van der Waals surface area contributed by atoms with Gasteiger partial charge in [-0.3, -0.25) is 0 Å². The van der Waals surface area contributed by atoms with Gasteiger partial charge in [0, 0.05) is 19.6 Å². The largest absolute Gasteiger partial charge is 0.397 e. The Morgan fingerprint density at radius 2 is 2.21 bits per heavy atom. The number of rotatable bonds is 3. The van der Waals surface area contributed by atoms with E-state index in [0.29, 0.717) is 17.2 Å². The van der Waals surface area contributed by atoms with Gasteiger partial charge in [0.25, 0.3) is 0 Å². The second-order valence-corrected chi connectivity index (χ2v) is 5.29. The molecule has 2 aromatic rings. The van der Waals surface area contributed by atoms with E-state index in [0.717, 1.165) is 17.7 Å². The van der Waals surface area contributed by atoms with E-state index >= 15 is 0 Å². The minimum atomic E-state index is 0.595. The molecule has 1 unspecified atom stereocenters. The molecule has 0 amide bonds. The molecule has 2 N–H and O–H groups in total. The van der Waals surface area contributed by atoms with E-state index in [-0.39, 0.29) is 0 Å². The molecule has 2 heterocycles. The van der Waals surface area contributed by atoms with Gasteiger partial charge in [0.1, 0.15) is 0 Å². The number of nitrogens with zero attached hydrogens (tertiary/aromatic N) is 4. The second kappa shape index (κ2) is 4.70. The Morgan fingerprint density at radius 3 is 2.95 bits per heavy atom. The van der Waals surface area contributed by atoms with Crippen LogP contribution in [0.1, 0.15) is 12.8 Å². The first-order valence-electron chi connectivity index (χ1n) is 6.59. The lowest BCUT2D eigenvalue weighted by Crippen LogP contribution is -2.36.